The Labute approximate surface area is 128 Å². The van der Waals surface area contributed by atoms with Crippen LogP contribution in [0.25, 0.3) is 0 Å². The normalized spacial score (nSPS) is 12.3. The summed E-state index contributed by atoms with van der Waals surface area (Å²) < 4.78 is 13.9. The molecular weight excluding hydrogens is 317 g/mol. The minimum Gasteiger partial charge on any atom is -0.310 e. The lowest BCUT2D eigenvalue weighted by atomic mass is 10.1. The SMILES string of the molecule is CC(CCc1ccccc1)NCc1ccc(Br)c(F)c1. The highest BCUT2D eigenvalue weighted by Gasteiger charge is 2.04. The van der Waals surface area contributed by atoms with Crippen LogP contribution in [0.1, 0.15) is 24.5 Å². The van der Waals surface area contributed by atoms with Crippen molar-refractivity contribution < 1.29 is 4.39 Å². The minimum absolute atomic E-state index is 0.207. The zero-order valence-electron chi connectivity index (χ0n) is 11.6. The zero-order chi connectivity index (χ0) is 14.4. The molecule has 0 aliphatic rings. The Kier molecular flexibility index (Phi) is 5.74. The first-order valence-corrected chi connectivity index (χ1v) is 7.65. The molecule has 0 saturated heterocycles. The smallest absolute Gasteiger partial charge is 0.137 e. The number of aryl methyl sites for hydroxylation is 1. The third-order valence-corrected chi connectivity index (χ3v) is 3.99. The lowest BCUT2D eigenvalue weighted by Gasteiger charge is -2.14. The van der Waals surface area contributed by atoms with Gasteiger partial charge in [-0.25, -0.2) is 4.39 Å². The average molecular weight is 336 g/mol. The average Bonchev–Trinajstić information content (AvgIpc) is 2.47. The van der Waals surface area contributed by atoms with Gasteiger partial charge in [0.1, 0.15) is 5.82 Å². The fourth-order valence-corrected chi connectivity index (χ4v) is 2.32. The molecule has 106 valence electrons. The first-order chi connectivity index (χ1) is 9.65. The fourth-order valence-electron chi connectivity index (χ4n) is 2.07. The lowest BCUT2D eigenvalue weighted by Crippen LogP contribution is -2.26. The van der Waals surface area contributed by atoms with Crippen molar-refractivity contribution in [3.05, 3.63) is 69.9 Å². The van der Waals surface area contributed by atoms with E-state index in [4.69, 9.17) is 0 Å². The monoisotopic (exact) mass is 335 g/mol. The summed E-state index contributed by atoms with van der Waals surface area (Å²) in [6.07, 6.45) is 2.13. The molecule has 1 atom stereocenters. The van der Waals surface area contributed by atoms with Crippen molar-refractivity contribution >= 4 is 15.9 Å². The molecule has 1 unspecified atom stereocenters. The highest BCUT2D eigenvalue weighted by molar-refractivity contribution is 9.10. The van der Waals surface area contributed by atoms with Gasteiger partial charge in [-0.05, 0) is 59.0 Å². The second-order valence-corrected chi connectivity index (χ2v) is 5.91. The fraction of sp³-hybridized carbons (Fsp3) is 0.294. The predicted molar refractivity (Wildman–Crippen MR) is 85.2 cm³/mol. The summed E-state index contributed by atoms with van der Waals surface area (Å²) in [4.78, 5) is 0. The number of halogens is 2. The van der Waals surface area contributed by atoms with Crippen molar-refractivity contribution in [2.24, 2.45) is 0 Å². The molecule has 0 spiro atoms. The predicted octanol–water partition coefficient (Wildman–Crippen LogP) is 4.70. The van der Waals surface area contributed by atoms with Crippen molar-refractivity contribution in [1.82, 2.24) is 5.32 Å². The van der Waals surface area contributed by atoms with Gasteiger partial charge in [0.15, 0.2) is 0 Å². The van der Waals surface area contributed by atoms with E-state index in [0.717, 1.165) is 18.4 Å². The molecule has 0 aromatic heterocycles. The Morgan fingerprint density at radius 3 is 2.55 bits per heavy atom. The summed E-state index contributed by atoms with van der Waals surface area (Å²) in [5.41, 5.74) is 2.33. The molecule has 0 saturated carbocycles. The number of nitrogens with one attached hydrogen (secondary N) is 1. The molecule has 1 N–H and O–H groups in total. The van der Waals surface area contributed by atoms with E-state index in [1.54, 1.807) is 12.1 Å². The van der Waals surface area contributed by atoms with Crippen LogP contribution >= 0.6 is 15.9 Å². The van der Waals surface area contributed by atoms with Gasteiger partial charge in [-0.1, -0.05) is 36.4 Å². The molecule has 0 amide bonds. The van der Waals surface area contributed by atoms with Gasteiger partial charge in [-0.2, -0.15) is 0 Å². The maximum Gasteiger partial charge on any atom is 0.137 e. The van der Waals surface area contributed by atoms with Gasteiger partial charge in [0.25, 0.3) is 0 Å². The van der Waals surface area contributed by atoms with E-state index in [2.05, 4.69) is 52.4 Å². The molecule has 0 aliphatic heterocycles. The van der Waals surface area contributed by atoms with E-state index < -0.39 is 0 Å². The first-order valence-electron chi connectivity index (χ1n) is 6.86. The van der Waals surface area contributed by atoms with E-state index in [9.17, 15) is 4.39 Å². The second kappa shape index (κ2) is 7.55. The van der Waals surface area contributed by atoms with Crippen molar-refractivity contribution in [2.45, 2.75) is 32.4 Å². The molecule has 0 bridgehead atoms. The number of benzene rings is 2. The number of hydrogen-bond donors (Lipinski definition) is 1. The Bertz CT molecular complexity index is 542. The topological polar surface area (TPSA) is 12.0 Å². The number of hydrogen-bond acceptors (Lipinski definition) is 1. The van der Waals surface area contributed by atoms with Crippen LogP contribution in [0, 0.1) is 5.82 Å². The number of rotatable bonds is 6. The molecule has 0 aliphatic carbocycles. The molecule has 1 nitrogen and oxygen atoms in total. The Morgan fingerprint density at radius 2 is 1.85 bits per heavy atom. The maximum atomic E-state index is 13.4. The molecule has 0 heterocycles. The van der Waals surface area contributed by atoms with Gasteiger partial charge in [0, 0.05) is 12.6 Å². The van der Waals surface area contributed by atoms with Gasteiger partial charge in [-0.15, -0.1) is 0 Å². The van der Waals surface area contributed by atoms with Gasteiger partial charge in [0.2, 0.25) is 0 Å². The van der Waals surface area contributed by atoms with Crippen LogP contribution in [0.15, 0.2) is 53.0 Å². The summed E-state index contributed by atoms with van der Waals surface area (Å²) >= 11 is 3.16. The molecule has 2 rings (SSSR count). The van der Waals surface area contributed by atoms with Crippen LogP contribution < -0.4 is 5.32 Å². The standard InChI is InChI=1S/C17H19BrFN/c1-13(7-8-14-5-3-2-4-6-14)20-12-15-9-10-16(18)17(19)11-15/h2-6,9-11,13,20H,7-8,12H2,1H3. The van der Waals surface area contributed by atoms with Gasteiger partial charge >= 0.3 is 0 Å². The first kappa shape index (κ1) is 15.2. The Morgan fingerprint density at radius 1 is 1.10 bits per heavy atom. The van der Waals surface area contributed by atoms with E-state index in [1.807, 2.05) is 12.1 Å². The highest BCUT2D eigenvalue weighted by Crippen LogP contribution is 2.16. The lowest BCUT2D eigenvalue weighted by molar-refractivity contribution is 0.512. The summed E-state index contributed by atoms with van der Waals surface area (Å²) in [5, 5.41) is 3.43. The molecule has 2 aromatic carbocycles. The van der Waals surface area contributed by atoms with Crippen molar-refractivity contribution in [3.63, 3.8) is 0 Å². The summed E-state index contributed by atoms with van der Waals surface area (Å²) in [6.45, 7) is 2.86. The van der Waals surface area contributed by atoms with Crippen molar-refractivity contribution in [1.29, 1.82) is 0 Å². The summed E-state index contributed by atoms with van der Waals surface area (Å²) in [7, 11) is 0. The van der Waals surface area contributed by atoms with E-state index >= 15 is 0 Å². The van der Waals surface area contributed by atoms with E-state index in [0.29, 0.717) is 17.1 Å². The molecule has 0 fully saturated rings. The minimum atomic E-state index is -0.207. The maximum absolute atomic E-state index is 13.4. The summed E-state index contributed by atoms with van der Waals surface area (Å²) in [6, 6.07) is 16.1. The van der Waals surface area contributed by atoms with Crippen LogP contribution in [-0.4, -0.2) is 6.04 Å². The van der Waals surface area contributed by atoms with Crippen LogP contribution in [0.2, 0.25) is 0 Å². The van der Waals surface area contributed by atoms with E-state index in [-0.39, 0.29) is 5.82 Å². The van der Waals surface area contributed by atoms with E-state index in [1.165, 1.54) is 5.56 Å². The van der Waals surface area contributed by atoms with Crippen molar-refractivity contribution in [3.8, 4) is 0 Å². The second-order valence-electron chi connectivity index (χ2n) is 5.05. The molecular formula is C17H19BrFN. The molecule has 3 heteroatoms. The van der Waals surface area contributed by atoms with Crippen molar-refractivity contribution in [2.75, 3.05) is 0 Å². The van der Waals surface area contributed by atoms with Crippen LogP contribution in [0.4, 0.5) is 4.39 Å². The largest absolute Gasteiger partial charge is 0.310 e. The third kappa shape index (κ3) is 4.73. The zero-order valence-corrected chi connectivity index (χ0v) is 13.2. The third-order valence-electron chi connectivity index (χ3n) is 3.35. The van der Waals surface area contributed by atoms with Gasteiger partial charge in [0.05, 0.1) is 4.47 Å². The van der Waals surface area contributed by atoms with Crippen LogP contribution in [-0.2, 0) is 13.0 Å². The molecule has 2 aromatic rings. The molecule has 0 radical (unpaired) electrons. The van der Waals surface area contributed by atoms with Crippen LogP contribution in [0.3, 0.4) is 0 Å². The van der Waals surface area contributed by atoms with Gasteiger partial charge in [-0.3, -0.25) is 0 Å². The quantitative estimate of drug-likeness (QED) is 0.806. The highest BCUT2D eigenvalue weighted by atomic mass is 79.9. The van der Waals surface area contributed by atoms with Crippen LogP contribution in [0.5, 0.6) is 0 Å². The Balaban J connectivity index is 1.77. The summed E-state index contributed by atoms with van der Waals surface area (Å²) in [5.74, 6) is -0.207. The Hall–Kier alpha value is -1.19. The van der Waals surface area contributed by atoms with Gasteiger partial charge < -0.3 is 5.32 Å². The molecule has 20 heavy (non-hydrogen) atoms.